The Morgan fingerprint density at radius 3 is 3.27 bits per heavy atom. The molecule has 2 nitrogen and oxygen atoms in total. The highest BCUT2D eigenvalue weighted by atomic mass is 15.1. The SMILES string of the molecule is CN1CCCc2ccncc21. The third kappa shape index (κ3) is 1.09. The van der Waals surface area contributed by atoms with Crippen molar-refractivity contribution in [3.05, 3.63) is 24.0 Å². The maximum absolute atomic E-state index is 4.11. The maximum Gasteiger partial charge on any atom is 0.0582 e. The summed E-state index contributed by atoms with van der Waals surface area (Å²) in [4.78, 5) is 6.38. The van der Waals surface area contributed by atoms with E-state index in [9.17, 15) is 0 Å². The summed E-state index contributed by atoms with van der Waals surface area (Å²) in [5, 5.41) is 0. The third-order valence-corrected chi connectivity index (χ3v) is 2.24. The lowest BCUT2D eigenvalue weighted by molar-refractivity contribution is 0.741. The number of nitrogens with zero attached hydrogens (tertiary/aromatic N) is 2. The molecule has 1 aromatic heterocycles. The Bertz CT molecular complexity index is 257. The van der Waals surface area contributed by atoms with Crippen molar-refractivity contribution in [3.63, 3.8) is 0 Å². The van der Waals surface area contributed by atoms with Crippen LogP contribution in [0.5, 0.6) is 0 Å². The normalized spacial score (nSPS) is 16.3. The van der Waals surface area contributed by atoms with Crippen molar-refractivity contribution < 1.29 is 0 Å². The molecule has 1 aliphatic rings. The molecule has 0 N–H and O–H groups in total. The van der Waals surface area contributed by atoms with Crippen molar-refractivity contribution in [1.29, 1.82) is 0 Å². The topological polar surface area (TPSA) is 16.1 Å². The minimum absolute atomic E-state index is 1.17. The van der Waals surface area contributed by atoms with E-state index in [-0.39, 0.29) is 0 Å². The molecule has 1 aliphatic heterocycles. The molecule has 0 spiro atoms. The van der Waals surface area contributed by atoms with E-state index < -0.39 is 0 Å². The minimum Gasteiger partial charge on any atom is -0.373 e. The first-order chi connectivity index (χ1) is 5.38. The van der Waals surface area contributed by atoms with E-state index in [0.29, 0.717) is 0 Å². The average molecular weight is 148 g/mol. The van der Waals surface area contributed by atoms with Crippen LogP contribution >= 0.6 is 0 Å². The number of pyridine rings is 1. The number of hydrogen-bond donors (Lipinski definition) is 0. The minimum atomic E-state index is 1.17. The Labute approximate surface area is 66.9 Å². The van der Waals surface area contributed by atoms with E-state index in [1.807, 2.05) is 12.4 Å². The highest BCUT2D eigenvalue weighted by molar-refractivity contribution is 5.52. The van der Waals surface area contributed by atoms with Crippen LogP contribution < -0.4 is 4.90 Å². The summed E-state index contributed by atoms with van der Waals surface area (Å²) in [6, 6.07) is 2.12. The van der Waals surface area contributed by atoms with Crippen molar-refractivity contribution in [2.75, 3.05) is 18.5 Å². The van der Waals surface area contributed by atoms with E-state index in [1.54, 1.807) is 0 Å². The summed E-state index contributed by atoms with van der Waals surface area (Å²) in [6.07, 6.45) is 6.31. The van der Waals surface area contributed by atoms with Crippen LogP contribution in [0.1, 0.15) is 12.0 Å². The fourth-order valence-corrected chi connectivity index (χ4v) is 1.60. The molecule has 0 aromatic carbocycles. The van der Waals surface area contributed by atoms with Gasteiger partial charge in [-0.1, -0.05) is 0 Å². The monoisotopic (exact) mass is 148 g/mol. The summed E-state index contributed by atoms with van der Waals surface area (Å²) >= 11 is 0. The molecule has 0 aliphatic carbocycles. The van der Waals surface area contributed by atoms with Crippen LogP contribution in [0.25, 0.3) is 0 Å². The highest BCUT2D eigenvalue weighted by Crippen LogP contribution is 2.23. The highest BCUT2D eigenvalue weighted by Gasteiger charge is 2.11. The lowest BCUT2D eigenvalue weighted by Crippen LogP contribution is -2.24. The Morgan fingerprint density at radius 2 is 2.45 bits per heavy atom. The zero-order valence-corrected chi connectivity index (χ0v) is 6.75. The largest absolute Gasteiger partial charge is 0.373 e. The van der Waals surface area contributed by atoms with Gasteiger partial charge in [-0.15, -0.1) is 0 Å². The molecule has 0 radical (unpaired) electrons. The predicted octanol–water partition coefficient (Wildman–Crippen LogP) is 1.46. The Kier molecular flexibility index (Phi) is 1.53. The van der Waals surface area contributed by atoms with Gasteiger partial charge in [-0.25, -0.2) is 0 Å². The number of hydrogen-bond acceptors (Lipinski definition) is 2. The maximum atomic E-state index is 4.11. The van der Waals surface area contributed by atoms with Crippen LogP contribution in [0.15, 0.2) is 18.5 Å². The van der Waals surface area contributed by atoms with Gasteiger partial charge in [0.05, 0.1) is 11.9 Å². The molecule has 0 amide bonds. The Hall–Kier alpha value is -1.05. The van der Waals surface area contributed by atoms with Gasteiger partial charge in [-0.05, 0) is 24.5 Å². The van der Waals surface area contributed by atoms with Gasteiger partial charge in [-0.2, -0.15) is 0 Å². The number of anilines is 1. The van der Waals surface area contributed by atoms with Crippen molar-refractivity contribution >= 4 is 5.69 Å². The van der Waals surface area contributed by atoms with Crippen LogP contribution in [0, 0.1) is 0 Å². The number of aromatic nitrogens is 1. The first-order valence-electron chi connectivity index (χ1n) is 4.02. The van der Waals surface area contributed by atoms with Crippen LogP contribution in [0.2, 0.25) is 0 Å². The molecule has 0 bridgehead atoms. The summed E-state index contributed by atoms with van der Waals surface area (Å²) in [5.74, 6) is 0. The lowest BCUT2D eigenvalue weighted by atomic mass is 10.1. The zero-order valence-electron chi connectivity index (χ0n) is 6.75. The molecule has 58 valence electrons. The lowest BCUT2D eigenvalue weighted by Gasteiger charge is -2.26. The van der Waals surface area contributed by atoms with E-state index >= 15 is 0 Å². The van der Waals surface area contributed by atoms with Crippen molar-refractivity contribution in [3.8, 4) is 0 Å². The van der Waals surface area contributed by atoms with Crippen LogP contribution in [0.4, 0.5) is 5.69 Å². The summed E-state index contributed by atoms with van der Waals surface area (Å²) < 4.78 is 0. The Morgan fingerprint density at radius 1 is 1.55 bits per heavy atom. The van der Waals surface area contributed by atoms with Crippen LogP contribution in [-0.4, -0.2) is 18.6 Å². The average Bonchev–Trinajstić information content (AvgIpc) is 2.06. The number of rotatable bonds is 0. The van der Waals surface area contributed by atoms with Gasteiger partial charge in [0, 0.05) is 19.8 Å². The molecule has 0 saturated heterocycles. The van der Waals surface area contributed by atoms with Gasteiger partial charge < -0.3 is 4.90 Å². The second kappa shape index (κ2) is 2.53. The van der Waals surface area contributed by atoms with E-state index in [4.69, 9.17) is 0 Å². The van der Waals surface area contributed by atoms with Crippen LogP contribution in [0.3, 0.4) is 0 Å². The molecule has 0 unspecified atom stereocenters. The standard InChI is InChI=1S/C9H12N2/c1-11-6-2-3-8-4-5-10-7-9(8)11/h4-5,7H,2-3,6H2,1H3. The molecule has 0 fully saturated rings. The smallest absolute Gasteiger partial charge is 0.0582 e. The molecular weight excluding hydrogens is 136 g/mol. The zero-order chi connectivity index (χ0) is 7.68. The van der Waals surface area contributed by atoms with Crippen LogP contribution in [-0.2, 0) is 6.42 Å². The van der Waals surface area contributed by atoms with Crippen molar-refractivity contribution in [2.24, 2.45) is 0 Å². The van der Waals surface area contributed by atoms with E-state index in [1.165, 1.54) is 30.6 Å². The molecule has 0 saturated carbocycles. The predicted molar refractivity (Wildman–Crippen MR) is 45.8 cm³/mol. The quantitative estimate of drug-likeness (QED) is 0.553. The molecule has 0 atom stereocenters. The van der Waals surface area contributed by atoms with Gasteiger partial charge >= 0.3 is 0 Å². The number of aryl methyl sites for hydroxylation is 1. The second-order valence-corrected chi connectivity index (χ2v) is 3.03. The molecule has 2 heterocycles. The van der Waals surface area contributed by atoms with E-state index in [2.05, 4.69) is 23.0 Å². The molecule has 11 heavy (non-hydrogen) atoms. The van der Waals surface area contributed by atoms with Crippen molar-refractivity contribution in [2.45, 2.75) is 12.8 Å². The summed E-state index contributed by atoms with van der Waals surface area (Å²) in [7, 11) is 2.12. The van der Waals surface area contributed by atoms with Crippen molar-refractivity contribution in [1.82, 2.24) is 4.98 Å². The van der Waals surface area contributed by atoms with E-state index in [0.717, 1.165) is 0 Å². The molecule has 2 rings (SSSR count). The van der Waals surface area contributed by atoms with Gasteiger partial charge in [0.1, 0.15) is 0 Å². The summed E-state index contributed by atoms with van der Waals surface area (Å²) in [5.41, 5.74) is 2.74. The first kappa shape index (κ1) is 6.65. The first-order valence-corrected chi connectivity index (χ1v) is 4.02. The number of fused-ring (bicyclic) bond motifs is 1. The fraction of sp³-hybridized carbons (Fsp3) is 0.444. The third-order valence-electron chi connectivity index (χ3n) is 2.24. The van der Waals surface area contributed by atoms with Gasteiger partial charge in [-0.3, -0.25) is 4.98 Å². The molecule has 1 aromatic rings. The van der Waals surface area contributed by atoms with Gasteiger partial charge in [0.15, 0.2) is 0 Å². The fourth-order valence-electron chi connectivity index (χ4n) is 1.60. The van der Waals surface area contributed by atoms with Gasteiger partial charge in [0.2, 0.25) is 0 Å². The Balaban J connectivity index is 2.44. The summed E-state index contributed by atoms with van der Waals surface area (Å²) in [6.45, 7) is 1.17. The molecule has 2 heteroatoms. The molecular formula is C9H12N2. The second-order valence-electron chi connectivity index (χ2n) is 3.03. The van der Waals surface area contributed by atoms with Gasteiger partial charge in [0.25, 0.3) is 0 Å².